The normalized spacial score (nSPS) is 11.6. The number of benzene rings is 4. The van der Waals surface area contributed by atoms with Crippen molar-refractivity contribution in [2.75, 3.05) is 5.32 Å². The molecule has 4 aromatic carbocycles. The Morgan fingerprint density at radius 2 is 1.42 bits per heavy atom. The highest BCUT2D eigenvalue weighted by Crippen LogP contribution is 2.26. The topological polar surface area (TPSA) is 101 Å². The molecular formula is C30H26IN3O4. The van der Waals surface area contributed by atoms with Gasteiger partial charge in [0, 0.05) is 27.8 Å². The maximum atomic E-state index is 13.8. The van der Waals surface area contributed by atoms with Crippen LogP contribution in [0.2, 0.25) is 0 Å². The number of nitrogens with one attached hydrogen (secondary N) is 2. The molecule has 8 heteroatoms. The molecule has 0 aliphatic rings. The van der Waals surface area contributed by atoms with E-state index in [1.807, 2.05) is 85.8 Å². The van der Waals surface area contributed by atoms with Gasteiger partial charge in [-0.1, -0.05) is 72.8 Å². The van der Waals surface area contributed by atoms with Gasteiger partial charge in [0.25, 0.3) is 5.69 Å². The molecule has 0 bridgehead atoms. The molecule has 0 fully saturated rings. The van der Waals surface area contributed by atoms with Crippen molar-refractivity contribution < 1.29 is 14.5 Å². The van der Waals surface area contributed by atoms with Crippen LogP contribution in [0.4, 0.5) is 11.4 Å². The van der Waals surface area contributed by atoms with Gasteiger partial charge in [-0.25, -0.2) is 0 Å². The SMILES string of the molecule is Cc1cc(I)ccc1NC(=O)[C@H](Cc1ccc([N+](=O)[O-])cc1)NC(=O)C(c1ccccc1)c1ccccc1. The zero-order valence-electron chi connectivity index (χ0n) is 20.6. The molecule has 192 valence electrons. The molecule has 4 aromatic rings. The number of hydrogen-bond donors (Lipinski definition) is 2. The van der Waals surface area contributed by atoms with E-state index in [0.717, 1.165) is 20.3 Å². The number of anilines is 1. The number of amides is 2. The van der Waals surface area contributed by atoms with Gasteiger partial charge in [-0.05, 0) is 70.0 Å². The van der Waals surface area contributed by atoms with Crippen LogP contribution < -0.4 is 10.6 Å². The quantitative estimate of drug-likeness (QED) is 0.136. The van der Waals surface area contributed by atoms with Crippen molar-refractivity contribution in [3.05, 3.63) is 139 Å². The molecule has 0 radical (unpaired) electrons. The molecule has 1 atom stereocenters. The number of nitro groups is 1. The smallest absolute Gasteiger partial charge is 0.269 e. The van der Waals surface area contributed by atoms with Crippen LogP contribution in [-0.2, 0) is 16.0 Å². The van der Waals surface area contributed by atoms with Gasteiger partial charge >= 0.3 is 0 Å². The first-order valence-corrected chi connectivity index (χ1v) is 13.1. The highest BCUT2D eigenvalue weighted by atomic mass is 127. The van der Waals surface area contributed by atoms with Crippen molar-refractivity contribution in [2.24, 2.45) is 0 Å². The predicted molar refractivity (Wildman–Crippen MR) is 156 cm³/mol. The minimum absolute atomic E-state index is 0.0403. The summed E-state index contributed by atoms with van der Waals surface area (Å²) in [6.07, 6.45) is 0.162. The summed E-state index contributed by atoms with van der Waals surface area (Å²) in [7, 11) is 0. The highest BCUT2D eigenvalue weighted by Gasteiger charge is 2.28. The van der Waals surface area contributed by atoms with Gasteiger partial charge in [0.15, 0.2) is 0 Å². The van der Waals surface area contributed by atoms with E-state index in [4.69, 9.17) is 0 Å². The average molecular weight is 619 g/mol. The summed E-state index contributed by atoms with van der Waals surface area (Å²) in [5.41, 5.74) is 3.81. The van der Waals surface area contributed by atoms with Gasteiger partial charge in [-0.15, -0.1) is 0 Å². The van der Waals surface area contributed by atoms with Gasteiger partial charge in [0.1, 0.15) is 6.04 Å². The molecule has 2 N–H and O–H groups in total. The van der Waals surface area contributed by atoms with E-state index in [0.29, 0.717) is 11.3 Å². The monoisotopic (exact) mass is 619 g/mol. The van der Waals surface area contributed by atoms with E-state index in [-0.39, 0.29) is 23.9 Å². The molecule has 0 saturated carbocycles. The van der Waals surface area contributed by atoms with Crippen molar-refractivity contribution in [2.45, 2.75) is 25.3 Å². The van der Waals surface area contributed by atoms with E-state index >= 15 is 0 Å². The number of nitro benzene ring substituents is 1. The van der Waals surface area contributed by atoms with Gasteiger partial charge < -0.3 is 10.6 Å². The first-order valence-electron chi connectivity index (χ1n) is 12.0. The van der Waals surface area contributed by atoms with Gasteiger partial charge in [0.05, 0.1) is 10.8 Å². The second kappa shape index (κ2) is 12.5. The summed E-state index contributed by atoms with van der Waals surface area (Å²) in [4.78, 5) is 37.9. The second-order valence-corrected chi connectivity index (χ2v) is 10.1. The first-order chi connectivity index (χ1) is 18.3. The van der Waals surface area contributed by atoms with Crippen molar-refractivity contribution in [3.8, 4) is 0 Å². The molecule has 0 unspecified atom stereocenters. The molecule has 0 aliphatic heterocycles. The molecule has 0 saturated heterocycles. The third-order valence-corrected chi connectivity index (χ3v) is 6.87. The third kappa shape index (κ3) is 6.83. The molecule has 7 nitrogen and oxygen atoms in total. The number of non-ortho nitro benzene ring substituents is 1. The Hall–Kier alpha value is -4.05. The lowest BCUT2D eigenvalue weighted by molar-refractivity contribution is -0.384. The van der Waals surface area contributed by atoms with Gasteiger partial charge in [-0.3, -0.25) is 19.7 Å². The summed E-state index contributed by atoms with van der Waals surface area (Å²) >= 11 is 2.21. The molecule has 4 rings (SSSR count). The Bertz CT molecular complexity index is 1390. The predicted octanol–water partition coefficient (Wildman–Crippen LogP) is 6.01. The van der Waals surface area contributed by atoms with E-state index in [1.165, 1.54) is 12.1 Å². The first kappa shape index (κ1) is 27.0. The average Bonchev–Trinajstić information content (AvgIpc) is 2.91. The molecule has 0 aliphatic carbocycles. The number of carbonyl (C=O) groups excluding carboxylic acids is 2. The van der Waals surface area contributed by atoms with Crippen molar-refractivity contribution >= 4 is 45.8 Å². The fourth-order valence-electron chi connectivity index (χ4n) is 4.23. The highest BCUT2D eigenvalue weighted by molar-refractivity contribution is 14.1. The number of carbonyl (C=O) groups is 2. The summed E-state index contributed by atoms with van der Waals surface area (Å²) in [5.74, 6) is -1.31. The van der Waals surface area contributed by atoms with E-state index in [2.05, 4.69) is 33.2 Å². The molecule has 38 heavy (non-hydrogen) atoms. The van der Waals surface area contributed by atoms with Crippen LogP contribution >= 0.6 is 22.6 Å². The summed E-state index contributed by atoms with van der Waals surface area (Å²) in [5, 5.41) is 17.0. The minimum Gasteiger partial charge on any atom is -0.343 e. The summed E-state index contributed by atoms with van der Waals surface area (Å²) in [6, 6.07) is 29.6. The van der Waals surface area contributed by atoms with Crippen LogP contribution in [0.1, 0.15) is 28.2 Å². The van der Waals surface area contributed by atoms with Crippen LogP contribution in [0.5, 0.6) is 0 Å². The Balaban J connectivity index is 1.64. The van der Waals surface area contributed by atoms with Gasteiger partial charge in [-0.2, -0.15) is 0 Å². The van der Waals surface area contributed by atoms with Crippen LogP contribution in [0.25, 0.3) is 0 Å². The molecule has 2 amide bonds. The van der Waals surface area contributed by atoms with Gasteiger partial charge in [0.2, 0.25) is 11.8 Å². The fraction of sp³-hybridized carbons (Fsp3) is 0.133. The van der Waals surface area contributed by atoms with E-state index < -0.39 is 16.9 Å². The zero-order chi connectivity index (χ0) is 27.1. The summed E-state index contributed by atoms with van der Waals surface area (Å²) < 4.78 is 1.04. The van der Waals surface area contributed by atoms with Crippen LogP contribution in [0.15, 0.2) is 103 Å². The fourth-order valence-corrected chi connectivity index (χ4v) is 4.87. The van der Waals surface area contributed by atoms with Crippen molar-refractivity contribution in [1.29, 1.82) is 0 Å². The Morgan fingerprint density at radius 3 is 1.95 bits per heavy atom. The molecule has 0 heterocycles. The van der Waals surface area contributed by atoms with Crippen molar-refractivity contribution in [1.82, 2.24) is 5.32 Å². The van der Waals surface area contributed by atoms with Crippen molar-refractivity contribution in [3.63, 3.8) is 0 Å². The Morgan fingerprint density at radius 1 is 0.842 bits per heavy atom. The number of aryl methyl sites for hydroxylation is 1. The van der Waals surface area contributed by atoms with E-state index in [1.54, 1.807) is 12.1 Å². The molecule has 0 aromatic heterocycles. The van der Waals surface area contributed by atoms with Crippen LogP contribution in [0.3, 0.4) is 0 Å². The largest absolute Gasteiger partial charge is 0.343 e. The number of rotatable bonds is 9. The lowest BCUT2D eigenvalue weighted by atomic mass is 9.90. The molecular weight excluding hydrogens is 593 g/mol. The number of nitrogens with zero attached hydrogens (tertiary/aromatic N) is 1. The second-order valence-electron chi connectivity index (χ2n) is 8.89. The van der Waals surface area contributed by atoms with Crippen LogP contribution in [0, 0.1) is 20.6 Å². The van der Waals surface area contributed by atoms with Crippen LogP contribution in [-0.4, -0.2) is 22.8 Å². The summed E-state index contributed by atoms with van der Waals surface area (Å²) in [6.45, 7) is 1.91. The Labute approximate surface area is 234 Å². The minimum atomic E-state index is -0.919. The van der Waals surface area contributed by atoms with E-state index in [9.17, 15) is 19.7 Å². The zero-order valence-corrected chi connectivity index (χ0v) is 22.8. The number of hydrogen-bond acceptors (Lipinski definition) is 4. The Kier molecular flexibility index (Phi) is 8.85. The third-order valence-electron chi connectivity index (χ3n) is 6.19. The number of halogens is 1. The lowest BCUT2D eigenvalue weighted by Gasteiger charge is -2.23. The maximum Gasteiger partial charge on any atom is 0.269 e. The lowest BCUT2D eigenvalue weighted by Crippen LogP contribution is -2.47. The molecule has 0 spiro atoms. The maximum absolute atomic E-state index is 13.8. The standard InChI is InChI=1S/C30H26IN3O4/c1-20-18-24(31)14-17-26(20)32-29(35)27(19-21-12-15-25(16-13-21)34(37)38)33-30(36)28(22-8-4-2-5-9-22)23-10-6-3-7-11-23/h2-18,27-28H,19H2,1H3,(H,32,35)(H,33,36)/t27-/m0/s1.